The molecule has 0 aliphatic carbocycles. The normalized spacial score (nSPS) is 11.1. The number of aliphatic hydroxyl groups is 1. The van der Waals surface area contributed by atoms with Crippen molar-refractivity contribution < 1.29 is 19.4 Å². The highest BCUT2D eigenvalue weighted by Crippen LogP contribution is 2.29. The van der Waals surface area contributed by atoms with Crippen molar-refractivity contribution >= 4 is 22.8 Å². The Balaban J connectivity index is 1.84. The molecule has 34 heavy (non-hydrogen) atoms. The van der Waals surface area contributed by atoms with Crippen LogP contribution in [0, 0.1) is 0 Å². The summed E-state index contributed by atoms with van der Waals surface area (Å²) in [7, 11) is 1.60. The van der Waals surface area contributed by atoms with Gasteiger partial charge in [0, 0.05) is 28.9 Å². The summed E-state index contributed by atoms with van der Waals surface area (Å²) < 4.78 is 11.8. The van der Waals surface area contributed by atoms with Crippen LogP contribution in [0.1, 0.15) is 18.1 Å². The second-order valence-electron chi connectivity index (χ2n) is 7.66. The van der Waals surface area contributed by atoms with Gasteiger partial charge in [-0.1, -0.05) is 30.3 Å². The largest absolute Gasteiger partial charge is 0.497 e. The van der Waals surface area contributed by atoms with E-state index >= 15 is 0 Å². The fraction of sp³-hybridized carbons (Fsp3) is 0.143. The number of benzene rings is 3. The molecule has 0 atom stereocenters. The number of nitrogens with zero attached hydrogens (tertiary/aromatic N) is 1. The minimum atomic E-state index is -0.388. The van der Waals surface area contributed by atoms with E-state index < -0.39 is 0 Å². The maximum absolute atomic E-state index is 13.3. The highest BCUT2D eigenvalue weighted by atomic mass is 16.5. The maximum Gasteiger partial charge on any atom is 0.330 e. The van der Waals surface area contributed by atoms with Crippen molar-refractivity contribution in [1.82, 2.24) is 4.57 Å². The van der Waals surface area contributed by atoms with Gasteiger partial charge in [-0.05, 0) is 71.5 Å². The summed E-state index contributed by atoms with van der Waals surface area (Å²) in [6.45, 7) is 1.97. The average molecular weight is 456 g/mol. The molecule has 0 aliphatic rings. The molecule has 4 rings (SSSR count). The summed E-state index contributed by atoms with van der Waals surface area (Å²) >= 11 is 0. The number of esters is 1. The Morgan fingerprint density at radius 3 is 2.38 bits per heavy atom. The second kappa shape index (κ2) is 10.2. The molecule has 4 aromatic rings. The lowest BCUT2D eigenvalue weighted by Crippen LogP contribution is -2.18. The third-order valence-electron chi connectivity index (χ3n) is 5.53. The van der Waals surface area contributed by atoms with E-state index in [1.807, 2.05) is 60.8 Å². The van der Waals surface area contributed by atoms with Crippen LogP contribution >= 0.6 is 0 Å². The van der Waals surface area contributed by atoms with E-state index in [1.165, 1.54) is 6.08 Å². The first kappa shape index (κ1) is 23.0. The highest BCUT2D eigenvalue weighted by molar-refractivity contribution is 5.96. The van der Waals surface area contributed by atoms with Crippen molar-refractivity contribution in [3.63, 3.8) is 0 Å². The van der Waals surface area contributed by atoms with Crippen LogP contribution in [-0.4, -0.2) is 29.4 Å². The van der Waals surface area contributed by atoms with E-state index in [0.29, 0.717) is 23.4 Å². The quantitative estimate of drug-likeness (QED) is 0.322. The predicted molar refractivity (Wildman–Crippen MR) is 133 cm³/mol. The first-order valence-electron chi connectivity index (χ1n) is 10.9. The van der Waals surface area contributed by atoms with Crippen molar-refractivity contribution in [3.8, 4) is 22.6 Å². The third kappa shape index (κ3) is 4.77. The molecule has 1 heterocycles. The zero-order chi connectivity index (χ0) is 24.1. The van der Waals surface area contributed by atoms with Crippen molar-refractivity contribution in [2.24, 2.45) is 0 Å². The summed E-state index contributed by atoms with van der Waals surface area (Å²) in [6.07, 6.45) is 4.91. The van der Waals surface area contributed by atoms with E-state index in [-0.39, 0.29) is 18.1 Å². The Morgan fingerprint density at radius 2 is 1.74 bits per heavy atom. The number of rotatable bonds is 7. The van der Waals surface area contributed by atoms with E-state index in [4.69, 9.17) is 9.47 Å². The molecule has 0 spiro atoms. The fourth-order valence-electron chi connectivity index (χ4n) is 3.78. The molecule has 1 aromatic heterocycles. The van der Waals surface area contributed by atoms with Crippen molar-refractivity contribution in [3.05, 3.63) is 100 Å². The molecular weight excluding hydrogens is 430 g/mol. The van der Waals surface area contributed by atoms with Crippen LogP contribution in [0.25, 0.3) is 33.7 Å². The maximum atomic E-state index is 13.3. The highest BCUT2D eigenvalue weighted by Gasteiger charge is 2.13. The monoisotopic (exact) mass is 455 g/mol. The molecule has 1 N–H and O–H groups in total. The Kier molecular flexibility index (Phi) is 6.90. The molecule has 3 aromatic carbocycles. The lowest BCUT2D eigenvalue weighted by Gasteiger charge is -2.14. The van der Waals surface area contributed by atoms with Gasteiger partial charge in [0.15, 0.2) is 0 Å². The lowest BCUT2D eigenvalue weighted by atomic mass is 9.98. The van der Waals surface area contributed by atoms with Gasteiger partial charge >= 0.3 is 5.97 Å². The molecular formula is C28H25NO5. The number of hydrogen-bond acceptors (Lipinski definition) is 5. The number of carbonyl (C=O) groups excluding carboxylic acids is 1. The van der Waals surface area contributed by atoms with E-state index in [2.05, 4.69) is 0 Å². The van der Waals surface area contributed by atoms with Crippen LogP contribution in [0.4, 0.5) is 0 Å². The van der Waals surface area contributed by atoms with Gasteiger partial charge < -0.3 is 14.6 Å². The second-order valence-corrected chi connectivity index (χ2v) is 7.66. The molecule has 0 saturated heterocycles. The number of aliphatic hydroxyl groups excluding tert-OH is 1. The lowest BCUT2D eigenvalue weighted by molar-refractivity contribution is -0.137. The topological polar surface area (TPSA) is 77.8 Å². The SMILES string of the molecule is CCOC(=O)/C=C/c1ccc(-c2cn(-c3ccc(OC)cc3)c(=O)c3ccc(CO)cc23)cc1. The zero-order valence-electron chi connectivity index (χ0n) is 19.0. The Labute approximate surface area is 197 Å². The first-order chi connectivity index (χ1) is 16.5. The van der Waals surface area contributed by atoms with Gasteiger partial charge in [-0.3, -0.25) is 9.36 Å². The number of ether oxygens (including phenoxy) is 2. The molecule has 0 unspecified atom stereocenters. The average Bonchev–Trinajstić information content (AvgIpc) is 2.88. The molecule has 0 amide bonds. The number of hydrogen-bond donors (Lipinski definition) is 1. The van der Waals surface area contributed by atoms with Crippen LogP contribution in [-0.2, 0) is 16.1 Å². The third-order valence-corrected chi connectivity index (χ3v) is 5.53. The number of pyridine rings is 1. The van der Waals surface area contributed by atoms with Crippen LogP contribution in [0.15, 0.2) is 83.8 Å². The van der Waals surface area contributed by atoms with Gasteiger partial charge in [-0.2, -0.15) is 0 Å². The molecule has 6 heteroatoms. The van der Waals surface area contributed by atoms with Gasteiger partial charge in [-0.15, -0.1) is 0 Å². The standard InChI is InChI=1S/C28H25NO5/c1-3-34-27(31)15-7-19-4-8-21(9-5-19)26-17-29(22-10-12-23(33-2)13-11-22)28(32)24-14-6-20(18-30)16-25(24)26/h4-17,30H,3,18H2,1-2H3/b15-7+. The number of fused-ring (bicyclic) bond motifs is 1. The number of aromatic nitrogens is 1. The first-order valence-corrected chi connectivity index (χ1v) is 10.9. The minimum Gasteiger partial charge on any atom is -0.497 e. The summed E-state index contributed by atoms with van der Waals surface area (Å²) in [5, 5.41) is 11.0. The van der Waals surface area contributed by atoms with Crippen molar-refractivity contribution in [2.45, 2.75) is 13.5 Å². The molecule has 0 saturated carbocycles. The summed E-state index contributed by atoms with van der Waals surface area (Å²) in [5.41, 5.74) is 3.89. The summed E-state index contributed by atoms with van der Waals surface area (Å²) in [4.78, 5) is 24.9. The Hall–Kier alpha value is -4.16. The van der Waals surface area contributed by atoms with E-state index in [0.717, 1.165) is 27.6 Å². The van der Waals surface area contributed by atoms with E-state index in [9.17, 15) is 14.7 Å². The van der Waals surface area contributed by atoms with Crippen LogP contribution in [0.2, 0.25) is 0 Å². The minimum absolute atomic E-state index is 0.117. The molecule has 6 nitrogen and oxygen atoms in total. The van der Waals surface area contributed by atoms with Gasteiger partial charge in [0.2, 0.25) is 0 Å². The molecule has 172 valence electrons. The smallest absolute Gasteiger partial charge is 0.330 e. The Bertz CT molecular complexity index is 1400. The Morgan fingerprint density at radius 1 is 1.00 bits per heavy atom. The van der Waals surface area contributed by atoms with Gasteiger partial charge in [0.1, 0.15) is 5.75 Å². The number of carbonyl (C=O) groups is 1. The van der Waals surface area contributed by atoms with Crippen molar-refractivity contribution in [1.29, 1.82) is 0 Å². The number of methoxy groups -OCH3 is 1. The molecule has 0 aliphatic heterocycles. The predicted octanol–water partition coefficient (Wildman–Crippen LogP) is 4.73. The fourth-order valence-corrected chi connectivity index (χ4v) is 3.78. The van der Waals surface area contributed by atoms with E-state index in [1.54, 1.807) is 36.8 Å². The summed E-state index contributed by atoms with van der Waals surface area (Å²) in [6, 6.07) is 20.3. The summed E-state index contributed by atoms with van der Waals surface area (Å²) in [5.74, 6) is 0.317. The molecule has 0 radical (unpaired) electrons. The molecule has 0 bridgehead atoms. The van der Waals surface area contributed by atoms with Gasteiger partial charge in [0.05, 0.1) is 20.3 Å². The van der Waals surface area contributed by atoms with Crippen molar-refractivity contribution in [2.75, 3.05) is 13.7 Å². The van der Waals surface area contributed by atoms with Gasteiger partial charge in [0.25, 0.3) is 5.56 Å². The van der Waals surface area contributed by atoms with Crippen LogP contribution < -0.4 is 10.3 Å². The van der Waals surface area contributed by atoms with Crippen LogP contribution in [0.3, 0.4) is 0 Å². The van der Waals surface area contributed by atoms with Crippen LogP contribution in [0.5, 0.6) is 5.75 Å². The zero-order valence-corrected chi connectivity index (χ0v) is 19.0. The molecule has 0 fully saturated rings. The van der Waals surface area contributed by atoms with Gasteiger partial charge in [-0.25, -0.2) is 4.79 Å².